The number of benzene rings is 2. The number of aliphatic imine (C=N–C) groups is 1. The van der Waals surface area contributed by atoms with Gasteiger partial charge in [0.2, 0.25) is 5.91 Å². The van der Waals surface area contributed by atoms with Gasteiger partial charge in [0.25, 0.3) is 0 Å². The Labute approximate surface area is 184 Å². The zero-order valence-corrected chi connectivity index (χ0v) is 19.2. The lowest BCUT2D eigenvalue weighted by Gasteiger charge is -2.23. The lowest BCUT2D eigenvalue weighted by Crippen LogP contribution is -2.38. The summed E-state index contributed by atoms with van der Waals surface area (Å²) in [4.78, 5) is 18.0. The van der Waals surface area contributed by atoms with Crippen molar-refractivity contribution in [3.63, 3.8) is 0 Å². The molecular weight excluding hydrogens is 467 g/mol. The number of ether oxygens (including phenoxy) is 1. The highest BCUT2D eigenvalue weighted by molar-refractivity contribution is 14.0. The molecule has 7 heteroatoms. The fourth-order valence-corrected chi connectivity index (χ4v) is 2.75. The number of anilines is 1. The Morgan fingerprint density at radius 1 is 1.18 bits per heavy atom. The van der Waals surface area contributed by atoms with Crippen molar-refractivity contribution in [2.75, 3.05) is 26.0 Å². The molecule has 2 rings (SSSR count). The molecule has 0 aliphatic heterocycles. The Morgan fingerprint density at radius 3 is 2.61 bits per heavy atom. The first-order valence-electron chi connectivity index (χ1n) is 9.01. The molecule has 6 nitrogen and oxygen atoms in total. The van der Waals surface area contributed by atoms with E-state index in [1.165, 1.54) is 6.92 Å². The largest absolute Gasteiger partial charge is 0.496 e. The van der Waals surface area contributed by atoms with Gasteiger partial charge in [-0.05, 0) is 30.7 Å². The number of guanidine groups is 1. The van der Waals surface area contributed by atoms with Crippen LogP contribution in [0, 0.1) is 0 Å². The lowest BCUT2D eigenvalue weighted by atomic mass is 10.2. The van der Waals surface area contributed by atoms with Crippen molar-refractivity contribution in [3.05, 3.63) is 59.7 Å². The predicted molar refractivity (Wildman–Crippen MR) is 125 cm³/mol. The molecule has 0 aliphatic carbocycles. The maximum atomic E-state index is 11.2. The van der Waals surface area contributed by atoms with E-state index in [4.69, 9.17) is 9.73 Å². The van der Waals surface area contributed by atoms with Crippen molar-refractivity contribution in [1.29, 1.82) is 0 Å². The molecule has 2 N–H and O–H groups in total. The molecule has 1 amide bonds. The SMILES string of the molecule is CCNC(=NCc1cccc(NC(C)=O)c1)N(C)Cc1ccccc1OC.I. The van der Waals surface area contributed by atoms with E-state index in [0.717, 1.165) is 35.1 Å². The van der Waals surface area contributed by atoms with E-state index in [0.29, 0.717) is 13.1 Å². The monoisotopic (exact) mass is 496 g/mol. The molecule has 152 valence electrons. The summed E-state index contributed by atoms with van der Waals surface area (Å²) in [6, 6.07) is 15.7. The van der Waals surface area contributed by atoms with Crippen LogP contribution in [0.3, 0.4) is 0 Å². The molecule has 0 unspecified atom stereocenters. The lowest BCUT2D eigenvalue weighted by molar-refractivity contribution is -0.114. The molecule has 2 aromatic carbocycles. The summed E-state index contributed by atoms with van der Waals surface area (Å²) in [5.74, 6) is 1.59. The van der Waals surface area contributed by atoms with Gasteiger partial charge in [0.15, 0.2) is 5.96 Å². The maximum absolute atomic E-state index is 11.2. The van der Waals surface area contributed by atoms with Crippen LogP contribution in [0.25, 0.3) is 0 Å². The molecule has 0 aromatic heterocycles. The van der Waals surface area contributed by atoms with Gasteiger partial charge in [0.05, 0.1) is 13.7 Å². The van der Waals surface area contributed by atoms with Crippen molar-refractivity contribution >= 4 is 41.5 Å². The number of methoxy groups -OCH3 is 1. The van der Waals surface area contributed by atoms with Crippen LogP contribution in [0.2, 0.25) is 0 Å². The van der Waals surface area contributed by atoms with Crippen LogP contribution in [0.4, 0.5) is 5.69 Å². The predicted octanol–water partition coefficient (Wildman–Crippen LogP) is 3.87. The summed E-state index contributed by atoms with van der Waals surface area (Å²) < 4.78 is 5.44. The Balaban J connectivity index is 0.00000392. The number of amides is 1. The van der Waals surface area contributed by atoms with Crippen LogP contribution in [0.15, 0.2) is 53.5 Å². The van der Waals surface area contributed by atoms with E-state index in [2.05, 4.69) is 21.6 Å². The van der Waals surface area contributed by atoms with Gasteiger partial charge in [0, 0.05) is 38.3 Å². The first-order chi connectivity index (χ1) is 13.0. The minimum atomic E-state index is -0.0828. The minimum absolute atomic E-state index is 0. The van der Waals surface area contributed by atoms with Gasteiger partial charge < -0.3 is 20.3 Å². The molecule has 2 aromatic rings. The number of hydrogen-bond donors (Lipinski definition) is 2. The highest BCUT2D eigenvalue weighted by Gasteiger charge is 2.10. The average molecular weight is 496 g/mol. The number of para-hydroxylation sites is 1. The second kappa shape index (κ2) is 12.2. The van der Waals surface area contributed by atoms with E-state index < -0.39 is 0 Å². The van der Waals surface area contributed by atoms with E-state index in [1.807, 2.05) is 56.4 Å². The van der Waals surface area contributed by atoms with Crippen molar-refractivity contribution in [3.8, 4) is 5.75 Å². The van der Waals surface area contributed by atoms with E-state index >= 15 is 0 Å². The topological polar surface area (TPSA) is 66.0 Å². The molecule has 0 atom stereocenters. The number of rotatable bonds is 7. The summed E-state index contributed by atoms with van der Waals surface area (Å²) in [5, 5.41) is 6.12. The molecule has 0 aliphatic rings. The van der Waals surface area contributed by atoms with Crippen LogP contribution in [-0.4, -0.2) is 37.5 Å². The van der Waals surface area contributed by atoms with Crippen molar-refractivity contribution in [2.24, 2.45) is 4.99 Å². The summed E-state index contributed by atoms with van der Waals surface area (Å²) >= 11 is 0. The smallest absolute Gasteiger partial charge is 0.221 e. The van der Waals surface area contributed by atoms with Crippen LogP contribution in [-0.2, 0) is 17.9 Å². The number of halogens is 1. The van der Waals surface area contributed by atoms with Crippen molar-refractivity contribution in [2.45, 2.75) is 26.9 Å². The quantitative estimate of drug-likeness (QED) is 0.347. The van der Waals surface area contributed by atoms with Crippen LogP contribution < -0.4 is 15.4 Å². The minimum Gasteiger partial charge on any atom is -0.496 e. The molecule has 0 fully saturated rings. The van der Waals surface area contributed by atoms with Gasteiger partial charge in [-0.2, -0.15) is 0 Å². The fourth-order valence-electron chi connectivity index (χ4n) is 2.75. The van der Waals surface area contributed by atoms with Crippen molar-refractivity contribution in [1.82, 2.24) is 10.2 Å². The normalized spacial score (nSPS) is 10.6. The van der Waals surface area contributed by atoms with Gasteiger partial charge in [-0.15, -0.1) is 24.0 Å². The third-order valence-electron chi connectivity index (χ3n) is 3.96. The third kappa shape index (κ3) is 7.38. The Hall–Kier alpha value is -2.29. The standard InChI is InChI=1S/C21H28N4O2.HI/c1-5-22-21(25(3)15-18-10-6-7-12-20(18)27-4)23-14-17-9-8-11-19(13-17)24-16(2)26;/h6-13H,5,14-15H2,1-4H3,(H,22,23)(H,24,26);1H. The summed E-state index contributed by atoms with van der Waals surface area (Å²) in [6.45, 7) is 5.53. The van der Waals surface area contributed by atoms with Gasteiger partial charge in [-0.1, -0.05) is 30.3 Å². The van der Waals surface area contributed by atoms with E-state index in [-0.39, 0.29) is 29.9 Å². The van der Waals surface area contributed by atoms with Gasteiger partial charge in [0.1, 0.15) is 5.75 Å². The Kier molecular flexibility index (Phi) is 10.4. The van der Waals surface area contributed by atoms with Gasteiger partial charge in [-0.3, -0.25) is 4.79 Å². The summed E-state index contributed by atoms with van der Waals surface area (Å²) in [5.41, 5.74) is 2.91. The Bertz CT molecular complexity index is 795. The second-order valence-electron chi connectivity index (χ2n) is 6.22. The summed E-state index contributed by atoms with van der Waals surface area (Å²) in [6.07, 6.45) is 0. The van der Waals surface area contributed by atoms with Crippen LogP contribution >= 0.6 is 24.0 Å². The van der Waals surface area contributed by atoms with Crippen LogP contribution in [0.1, 0.15) is 25.0 Å². The zero-order chi connectivity index (χ0) is 19.6. The number of carbonyl (C=O) groups excluding carboxylic acids is 1. The van der Waals surface area contributed by atoms with Gasteiger partial charge in [-0.25, -0.2) is 4.99 Å². The fraction of sp³-hybridized carbons (Fsp3) is 0.333. The highest BCUT2D eigenvalue weighted by atomic mass is 127. The van der Waals surface area contributed by atoms with E-state index in [1.54, 1.807) is 7.11 Å². The Morgan fingerprint density at radius 2 is 1.93 bits per heavy atom. The second-order valence-corrected chi connectivity index (χ2v) is 6.22. The molecule has 0 saturated heterocycles. The zero-order valence-electron chi connectivity index (χ0n) is 16.9. The molecule has 0 saturated carbocycles. The van der Waals surface area contributed by atoms with Crippen molar-refractivity contribution < 1.29 is 9.53 Å². The first-order valence-corrected chi connectivity index (χ1v) is 9.01. The number of carbonyl (C=O) groups is 1. The van der Waals surface area contributed by atoms with Gasteiger partial charge >= 0.3 is 0 Å². The first kappa shape index (κ1) is 23.7. The number of nitrogens with one attached hydrogen (secondary N) is 2. The third-order valence-corrected chi connectivity index (χ3v) is 3.96. The summed E-state index contributed by atoms with van der Waals surface area (Å²) in [7, 11) is 3.68. The molecule has 0 spiro atoms. The maximum Gasteiger partial charge on any atom is 0.221 e. The average Bonchev–Trinajstić information content (AvgIpc) is 2.65. The molecule has 0 radical (unpaired) electrons. The number of nitrogens with zero attached hydrogens (tertiary/aromatic N) is 2. The van der Waals surface area contributed by atoms with Crippen LogP contribution in [0.5, 0.6) is 5.75 Å². The molecule has 0 heterocycles. The molecule has 0 bridgehead atoms. The van der Waals surface area contributed by atoms with E-state index in [9.17, 15) is 4.79 Å². The molecule has 28 heavy (non-hydrogen) atoms. The molecular formula is C21H29IN4O2. The number of hydrogen-bond acceptors (Lipinski definition) is 3. The highest BCUT2D eigenvalue weighted by Crippen LogP contribution is 2.19.